The zero-order chi connectivity index (χ0) is 19.3. The van der Waals surface area contributed by atoms with Crippen molar-refractivity contribution in [2.75, 3.05) is 26.7 Å². The van der Waals surface area contributed by atoms with Crippen molar-refractivity contribution in [2.45, 2.75) is 30.8 Å². The quantitative estimate of drug-likeness (QED) is 0.888. The van der Waals surface area contributed by atoms with Crippen LogP contribution in [0.1, 0.15) is 34.7 Å². The van der Waals surface area contributed by atoms with Crippen LogP contribution in [0.3, 0.4) is 0 Å². The lowest BCUT2D eigenvalue weighted by Gasteiger charge is -2.51. The molecule has 0 spiro atoms. The Hall–Kier alpha value is -2.60. The van der Waals surface area contributed by atoms with Gasteiger partial charge in [0.1, 0.15) is 11.5 Å². The standard InChI is InChI=1S/C22H25N3O3/c1-28-16-4-2-3-15(11-16)18-13-25(22(27)17-5-8-23-12-19(17)26)20-14-6-9-24(10-7-14)21(18)20/h2-5,8,11-12,14,18,20-21,26H,6-7,9-10,13H2,1H3/t18-,20+,21+/m0/s1. The Balaban J connectivity index is 1.54. The van der Waals surface area contributed by atoms with Gasteiger partial charge in [-0.15, -0.1) is 0 Å². The normalized spacial score (nSPS) is 30.9. The molecule has 5 heterocycles. The van der Waals surface area contributed by atoms with Gasteiger partial charge < -0.3 is 14.7 Å². The Kier molecular flexibility index (Phi) is 4.23. The minimum Gasteiger partial charge on any atom is -0.505 e. The maximum absolute atomic E-state index is 13.4. The second kappa shape index (κ2) is 6.78. The largest absolute Gasteiger partial charge is 0.505 e. The molecule has 146 valence electrons. The van der Waals surface area contributed by atoms with Gasteiger partial charge >= 0.3 is 0 Å². The lowest BCUT2D eigenvalue weighted by Crippen LogP contribution is -2.60. The van der Waals surface area contributed by atoms with Crippen LogP contribution in [0.25, 0.3) is 0 Å². The number of amides is 1. The Morgan fingerprint density at radius 1 is 1.21 bits per heavy atom. The van der Waals surface area contributed by atoms with E-state index in [4.69, 9.17) is 4.74 Å². The highest BCUT2D eigenvalue weighted by Crippen LogP contribution is 2.47. The molecule has 4 saturated heterocycles. The molecular weight excluding hydrogens is 354 g/mol. The fraction of sp³-hybridized carbons (Fsp3) is 0.455. The Morgan fingerprint density at radius 2 is 2.04 bits per heavy atom. The number of aromatic nitrogens is 1. The van der Waals surface area contributed by atoms with Crippen molar-refractivity contribution in [1.82, 2.24) is 14.8 Å². The number of hydrogen-bond donors (Lipinski definition) is 1. The summed E-state index contributed by atoms with van der Waals surface area (Å²) in [7, 11) is 1.69. The van der Waals surface area contributed by atoms with Gasteiger partial charge in [0.25, 0.3) is 5.91 Å². The molecule has 4 aliphatic rings. The Bertz CT molecular complexity index is 894. The molecule has 6 heteroatoms. The molecule has 6 nitrogen and oxygen atoms in total. The van der Waals surface area contributed by atoms with E-state index in [1.165, 1.54) is 11.8 Å². The van der Waals surface area contributed by atoms with Crippen LogP contribution in [-0.2, 0) is 0 Å². The number of aromatic hydroxyl groups is 1. The van der Waals surface area contributed by atoms with E-state index >= 15 is 0 Å². The highest BCUT2D eigenvalue weighted by Gasteiger charge is 2.54. The average Bonchev–Trinajstić information content (AvgIpc) is 3.17. The van der Waals surface area contributed by atoms with Gasteiger partial charge in [-0.25, -0.2) is 0 Å². The summed E-state index contributed by atoms with van der Waals surface area (Å²) in [4.78, 5) is 21.9. The highest BCUT2D eigenvalue weighted by molar-refractivity contribution is 5.97. The fourth-order valence-electron chi connectivity index (χ4n) is 5.54. The van der Waals surface area contributed by atoms with Gasteiger partial charge in [-0.2, -0.15) is 0 Å². The highest BCUT2D eigenvalue weighted by atomic mass is 16.5. The van der Waals surface area contributed by atoms with Gasteiger partial charge in [-0.1, -0.05) is 12.1 Å². The van der Waals surface area contributed by atoms with E-state index in [0.29, 0.717) is 24.1 Å². The van der Waals surface area contributed by atoms with Crippen molar-refractivity contribution in [1.29, 1.82) is 0 Å². The lowest BCUT2D eigenvalue weighted by atomic mass is 9.75. The Labute approximate surface area is 164 Å². The van der Waals surface area contributed by atoms with Gasteiger partial charge in [-0.3, -0.25) is 14.7 Å². The molecular formula is C22H25N3O3. The minimum absolute atomic E-state index is 0.0462. The zero-order valence-corrected chi connectivity index (χ0v) is 16.0. The van der Waals surface area contributed by atoms with Crippen molar-refractivity contribution < 1.29 is 14.6 Å². The van der Waals surface area contributed by atoms with E-state index < -0.39 is 0 Å². The second-order valence-electron chi connectivity index (χ2n) is 8.09. The molecule has 0 saturated carbocycles. The first kappa shape index (κ1) is 17.5. The van der Waals surface area contributed by atoms with Crippen LogP contribution < -0.4 is 4.74 Å². The minimum atomic E-state index is -0.0888. The van der Waals surface area contributed by atoms with Crippen LogP contribution in [0.5, 0.6) is 11.5 Å². The SMILES string of the molecule is COc1cccc([C@@H]2CN(C(=O)c3ccncc3O)[C@@H]3C4CCN(CC4)[C@@H]32)c1. The van der Waals surface area contributed by atoms with E-state index in [9.17, 15) is 9.90 Å². The van der Waals surface area contributed by atoms with Crippen molar-refractivity contribution in [2.24, 2.45) is 5.92 Å². The molecule has 0 aliphatic carbocycles. The molecule has 1 N–H and O–H groups in total. The molecule has 4 aliphatic heterocycles. The number of methoxy groups -OCH3 is 1. The molecule has 28 heavy (non-hydrogen) atoms. The van der Waals surface area contributed by atoms with Crippen LogP contribution in [0, 0.1) is 5.92 Å². The number of ether oxygens (including phenoxy) is 1. The number of hydrogen-bond acceptors (Lipinski definition) is 5. The van der Waals surface area contributed by atoms with Gasteiger partial charge in [0.05, 0.1) is 24.9 Å². The van der Waals surface area contributed by atoms with E-state index in [1.807, 2.05) is 17.0 Å². The number of benzene rings is 1. The summed E-state index contributed by atoms with van der Waals surface area (Å²) in [5, 5.41) is 10.2. The molecule has 4 fully saturated rings. The maximum Gasteiger partial charge on any atom is 0.258 e. The van der Waals surface area contributed by atoms with Crippen molar-refractivity contribution >= 4 is 5.91 Å². The summed E-state index contributed by atoms with van der Waals surface area (Å²) in [5.41, 5.74) is 1.56. The van der Waals surface area contributed by atoms with E-state index in [1.54, 1.807) is 19.4 Å². The van der Waals surface area contributed by atoms with Gasteiger partial charge in [-0.05, 0) is 55.6 Å². The summed E-state index contributed by atoms with van der Waals surface area (Å²) in [6.07, 6.45) is 5.18. The first-order chi connectivity index (χ1) is 13.7. The zero-order valence-electron chi connectivity index (χ0n) is 16.0. The van der Waals surface area contributed by atoms with Gasteiger partial charge in [0.15, 0.2) is 0 Å². The van der Waals surface area contributed by atoms with Crippen molar-refractivity contribution in [3.63, 3.8) is 0 Å². The third-order valence-electron chi connectivity index (χ3n) is 6.81. The third-order valence-corrected chi connectivity index (χ3v) is 6.81. The number of nitrogens with zero attached hydrogens (tertiary/aromatic N) is 3. The fourth-order valence-corrected chi connectivity index (χ4v) is 5.54. The van der Waals surface area contributed by atoms with Gasteiger partial charge in [0, 0.05) is 24.7 Å². The summed E-state index contributed by atoms with van der Waals surface area (Å²) in [6, 6.07) is 10.4. The predicted molar refractivity (Wildman–Crippen MR) is 105 cm³/mol. The lowest BCUT2D eigenvalue weighted by molar-refractivity contribution is -0.00349. The number of carbonyl (C=O) groups is 1. The van der Waals surface area contributed by atoms with Crippen LogP contribution in [0.15, 0.2) is 42.7 Å². The van der Waals surface area contributed by atoms with Crippen LogP contribution in [0.4, 0.5) is 0 Å². The summed E-state index contributed by atoms with van der Waals surface area (Å²) in [6.45, 7) is 2.87. The summed E-state index contributed by atoms with van der Waals surface area (Å²) >= 11 is 0. The predicted octanol–water partition coefficient (Wildman–Crippen LogP) is 2.50. The molecule has 2 bridgehead atoms. The Morgan fingerprint density at radius 3 is 2.79 bits per heavy atom. The van der Waals surface area contributed by atoms with Crippen molar-refractivity contribution in [3.05, 3.63) is 53.9 Å². The number of likely N-dealkylation sites (tertiary alicyclic amines) is 1. The van der Waals surface area contributed by atoms with Crippen LogP contribution in [-0.4, -0.2) is 64.6 Å². The number of pyridine rings is 1. The van der Waals surface area contributed by atoms with E-state index in [2.05, 4.69) is 22.0 Å². The number of rotatable bonds is 3. The van der Waals surface area contributed by atoms with E-state index in [-0.39, 0.29) is 23.6 Å². The molecule has 1 amide bonds. The van der Waals surface area contributed by atoms with Crippen molar-refractivity contribution in [3.8, 4) is 11.5 Å². The number of piperidine rings is 3. The summed E-state index contributed by atoms with van der Waals surface area (Å²) < 4.78 is 5.44. The maximum atomic E-state index is 13.4. The molecule has 0 radical (unpaired) electrons. The van der Waals surface area contributed by atoms with E-state index in [0.717, 1.165) is 31.7 Å². The average molecular weight is 379 g/mol. The summed E-state index contributed by atoms with van der Waals surface area (Å²) in [5.74, 6) is 1.49. The first-order valence-electron chi connectivity index (χ1n) is 9.99. The van der Waals surface area contributed by atoms with Crippen LogP contribution >= 0.6 is 0 Å². The monoisotopic (exact) mass is 379 g/mol. The second-order valence-corrected chi connectivity index (χ2v) is 8.09. The smallest absolute Gasteiger partial charge is 0.258 e. The molecule has 6 rings (SSSR count). The van der Waals surface area contributed by atoms with Gasteiger partial charge in [0.2, 0.25) is 0 Å². The molecule has 3 atom stereocenters. The number of fused-ring (bicyclic) bond motifs is 2. The topological polar surface area (TPSA) is 65.9 Å². The third kappa shape index (κ3) is 2.66. The molecule has 0 unspecified atom stereocenters. The first-order valence-corrected chi connectivity index (χ1v) is 9.99. The molecule has 2 aromatic rings. The molecule has 1 aromatic heterocycles. The molecule has 1 aromatic carbocycles. The number of carbonyl (C=O) groups excluding carboxylic acids is 1. The van der Waals surface area contributed by atoms with Crippen LogP contribution in [0.2, 0.25) is 0 Å².